The second-order valence-electron chi connectivity index (χ2n) is 4.88. The molecule has 0 fully saturated rings. The quantitative estimate of drug-likeness (QED) is 0.843. The van der Waals surface area contributed by atoms with E-state index in [1.165, 1.54) is 5.56 Å². The summed E-state index contributed by atoms with van der Waals surface area (Å²) < 4.78 is 1.80. The fourth-order valence-corrected chi connectivity index (χ4v) is 1.93. The van der Waals surface area contributed by atoms with Crippen LogP contribution in [0.25, 0.3) is 0 Å². The molecule has 5 nitrogen and oxygen atoms in total. The second-order valence-corrected chi connectivity index (χ2v) is 4.88. The van der Waals surface area contributed by atoms with Gasteiger partial charge in [-0.05, 0) is 18.5 Å². The molecule has 20 heavy (non-hydrogen) atoms. The Balaban J connectivity index is 1.94. The van der Waals surface area contributed by atoms with Gasteiger partial charge >= 0.3 is 0 Å². The summed E-state index contributed by atoms with van der Waals surface area (Å²) in [5.74, 6) is -0.104. The molecule has 2 aromatic rings. The summed E-state index contributed by atoms with van der Waals surface area (Å²) in [7, 11) is 0. The molecule has 1 heterocycles. The van der Waals surface area contributed by atoms with Gasteiger partial charge in [0.15, 0.2) is 0 Å². The predicted molar refractivity (Wildman–Crippen MR) is 79.2 cm³/mol. The SMILES string of the molecule is CC(CCN)C(=O)Nc1cnn(Cc2ccccc2)c1. The van der Waals surface area contributed by atoms with Crippen LogP contribution in [0.1, 0.15) is 18.9 Å². The van der Waals surface area contributed by atoms with Crippen molar-refractivity contribution in [3.05, 3.63) is 48.3 Å². The number of benzene rings is 1. The van der Waals surface area contributed by atoms with Crippen molar-refractivity contribution in [2.24, 2.45) is 11.7 Å². The Kier molecular flexibility index (Phi) is 4.90. The van der Waals surface area contributed by atoms with Crippen molar-refractivity contribution in [2.75, 3.05) is 11.9 Å². The van der Waals surface area contributed by atoms with E-state index in [-0.39, 0.29) is 11.8 Å². The van der Waals surface area contributed by atoms with Crippen LogP contribution in [-0.2, 0) is 11.3 Å². The molecule has 1 atom stereocenters. The second kappa shape index (κ2) is 6.86. The molecule has 0 aliphatic carbocycles. The van der Waals surface area contributed by atoms with Crippen LogP contribution in [0, 0.1) is 5.92 Å². The molecule has 0 spiro atoms. The van der Waals surface area contributed by atoms with E-state index >= 15 is 0 Å². The third-order valence-corrected chi connectivity index (χ3v) is 3.14. The van der Waals surface area contributed by atoms with Crippen LogP contribution in [0.15, 0.2) is 42.7 Å². The minimum Gasteiger partial charge on any atom is -0.330 e. The maximum atomic E-state index is 11.9. The number of carbonyl (C=O) groups is 1. The number of anilines is 1. The van der Waals surface area contributed by atoms with Gasteiger partial charge in [-0.15, -0.1) is 0 Å². The van der Waals surface area contributed by atoms with E-state index in [9.17, 15) is 4.79 Å². The monoisotopic (exact) mass is 272 g/mol. The number of amides is 1. The minimum absolute atomic E-state index is 0.0188. The molecular formula is C15H20N4O. The summed E-state index contributed by atoms with van der Waals surface area (Å²) in [5.41, 5.74) is 7.34. The van der Waals surface area contributed by atoms with Crippen LogP contribution < -0.4 is 11.1 Å². The van der Waals surface area contributed by atoms with Gasteiger partial charge in [-0.25, -0.2) is 0 Å². The van der Waals surface area contributed by atoms with Crippen molar-refractivity contribution in [1.29, 1.82) is 0 Å². The number of hydrogen-bond donors (Lipinski definition) is 2. The van der Waals surface area contributed by atoms with Gasteiger partial charge < -0.3 is 11.1 Å². The molecule has 106 valence electrons. The first-order valence-corrected chi connectivity index (χ1v) is 6.76. The zero-order valence-corrected chi connectivity index (χ0v) is 11.6. The number of hydrogen-bond acceptors (Lipinski definition) is 3. The molecule has 0 radical (unpaired) electrons. The van der Waals surface area contributed by atoms with E-state index in [1.54, 1.807) is 10.9 Å². The topological polar surface area (TPSA) is 72.9 Å². The number of nitrogens with zero attached hydrogens (tertiary/aromatic N) is 2. The van der Waals surface area contributed by atoms with Crippen LogP contribution in [0.5, 0.6) is 0 Å². The first-order valence-electron chi connectivity index (χ1n) is 6.76. The Morgan fingerprint density at radius 1 is 1.40 bits per heavy atom. The summed E-state index contributed by atoms with van der Waals surface area (Å²) in [5, 5.41) is 7.10. The Bertz CT molecular complexity index is 550. The molecule has 1 unspecified atom stereocenters. The van der Waals surface area contributed by atoms with Gasteiger partial charge in [0.05, 0.1) is 18.4 Å². The first-order chi connectivity index (χ1) is 9.69. The molecule has 5 heteroatoms. The van der Waals surface area contributed by atoms with Gasteiger partial charge in [0.25, 0.3) is 0 Å². The molecule has 0 saturated carbocycles. The van der Waals surface area contributed by atoms with E-state index in [1.807, 2.05) is 43.5 Å². The van der Waals surface area contributed by atoms with Crippen LogP contribution in [0.4, 0.5) is 5.69 Å². The highest BCUT2D eigenvalue weighted by atomic mass is 16.1. The van der Waals surface area contributed by atoms with Gasteiger partial charge in [0.2, 0.25) is 5.91 Å². The highest BCUT2D eigenvalue weighted by molar-refractivity contribution is 5.92. The lowest BCUT2D eigenvalue weighted by molar-refractivity contribution is -0.119. The van der Waals surface area contributed by atoms with Crippen molar-refractivity contribution >= 4 is 11.6 Å². The minimum atomic E-state index is -0.0857. The summed E-state index contributed by atoms with van der Waals surface area (Å²) in [6.45, 7) is 3.08. The van der Waals surface area contributed by atoms with Gasteiger partial charge in [-0.3, -0.25) is 9.48 Å². The Labute approximate surface area is 118 Å². The Morgan fingerprint density at radius 3 is 2.85 bits per heavy atom. The highest BCUT2D eigenvalue weighted by Crippen LogP contribution is 2.10. The van der Waals surface area contributed by atoms with Gasteiger partial charge in [0, 0.05) is 12.1 Å². The smallest absolute Gasteiger partial charge is 0.227 e. The molecule has 0 saturated heterocycles. The molecule has 1 amide bonds. The number of aromatic nitrogens is 2. The molecule has 0 aliphatic heterocycles. The van der Waals surface area contributed by atoms with Crippen molar-refractivity contribution in [1.82, 2.24) is 9.78 Å². The van der Waals surface area contributed by atoms with E-state index in [4.69, 9.17) is 5.73 Å². The van der Waals surface area contributed by atoms with Crippen LogP contribution in [-0.4, -0.2) is 22.2 Å². The van der Waals surface area contributed by atoms with Crippen molar-refractivity contribution in [3.8, 4) is 0 Å². The van der Waals surface area contributed by atoms with Crippen LogP contribution in [0.3, 0.4) is 0 Å². The van der Waals surface area contributed by atoms with E-state index in [0.717, 1.165) is 5.69 Å². The zero-order valence-electron chi connectivity index (χ0n) is 11.6. The van der Waals surface area contributed by atoms with Gasteiger partial charge in [0.1, 0.15) is 0 Å². The number of rotatable bonds is 6. The lowest BCUT2D eigenvalue weighted by atomic mass is 10.1. The molecular weight excluding hydrogens is 252 g/mol. The first kappa shape index (κ1) is 14.3. The molecule has 0 aliphatic rings. The van der Waals surface area contributed by atoms with Gasteiger partial charge in [-0.1, -0.05) is 37.3 Å². The largest absolute Gasteiger partial charge is 0.330 e. The lowest BCUT2D eigenvalue weighted by Crippen LogP contribution is -2.22. The zero-order chi connectivity index (χ0) is 14.4. The van der Waals surface area contributed by atoms with E-state index in [2.05, 4.69) is 10.4 Å². The highest BCUT2D eigenvalue weighted by Gasteiger charge is 2.12. The summed E-state index contributed by atoms with van der Waals surface area (Å²) in [6, 6.07) is 10.1. The Morgan fingerprint density at radius 2 is 2.15 bits per heavy atom. The molecule has 2 rings (SSSR count). The maximum Gasteiger partial charge on any atom is 0.227 e. The fourth-order valence-electron chi connectivity index (χ4n) is 1.93. The van der Waals surface area contributed by atoms with Gasteiger partial charge in [-0.2, -0.15) is 5.10 Å². The number of carbonyl (C=O) groups excluding carboxylic acids is 1. The van der Waals surface area contributed by atoms with Crippen molar-refractivity contribution in [2.45, 2.75) is 19.9 Å². The average Bonchev–Trinajstić information content (AvgIpc) is 2.87. The maximum absolute atomic E-state index is 11.9. The number of nitrogens with one attached hydrogen (secondary N) is 1. The standard InChI is InChI=1S/C15H20N4O/c1-12(7-8-16)15(20)18-14-9-17-19(11-14)10-13-5-3-2-4-6-13/h2-6,9,11-12H,7-8,10,16H2,1H3,(H,18,20). The third-order valence-electron chi connectivity index (χ3n) is 3.14. The summed E-state index contributed by atoms with van der Waals surface area (Å²) in [4.78, 5) is 11.9. The van der Waals surface area contributed by atoms with E-state index < -0.39 is 0 Å². The lowest BCUT2D eigenvalue weighted by Gasteiger charge is -2.09. The summed E-state index contributed by atoms with van der Waals surface area (Å²) in [6.07, 6.45) is 4.18. The third kappa shape index (κ3) is 3.93. The Hall–Kier alpha value is -2.14. The normalized spacial score (nSPS) is 12.1. The molecule has 1 aromatic carbocycles. The number of nitrogens with two attached hydrogens (primary N) is 1. The van der Waals surface area contributed by atoms with Crippen LogP contribution >= 0.6 is 0 Å². The fraction of sp³-hybridized carbons (Fsp3) is 0.333. The van der Waals surface area contributed by atoms with E-state index in [0.29, 0.717) is 19.5 Å². The molecule has 3 N–H and O–H groups in total. The van der Waals surface area contributed by atoms with Crippen molar-refractivity contribution < 1.29 is 4.79 Å². The molecule has 0 bridgehead atoms. The average molecular weight is 272 g/mol. The van der Waals surface area contributed by atoms with Crippen LogP contribution in [0.2, 0.25) is 0 Å². The van der Waals surface area contributed by atoms with Crippen molar-refractivity contribution in [3.63, 3.8) is 0 Å². The predicted octanol–water partition coefficient (Wildman–Crippen LogP) is 1.85. The molecule has 1 aromatic heterocycles. The summed E-state index contributed by atoms with van der Waals surface area (Å²) >= 11 is 0.